The Bertz CT molecular complexity index is 481. The lowest BCUT2D eigenvalue weighted by Crippen LogP contribution is -2.07. The predicted molar refractivity (Wildman–Crippen MR) is 59.1 cm³/mol. The van der Waals surface area contributed by atoms with Crippen LogP contribution in [0.25, 0.3) is 11.0 Å². The first-order valence-corrected chi connectivity index (χ1v) is 5.16. The molecule has 1 heterocycles. The molecular weight excluding hydrogens is 262 g/mol. The van der Waals surface area contributed by atoms with Crippen LogP contribution in [-0.4, -0.2) is 12.3 Å². The van der Waals surface area contributed by atoms with E-state index in [0.29, 0.717) is 17.9 Å². The van der Waals surface area contributed by atoms with Gasteiger partial charge in [-0.2, -0.15) is 0 Å². The van der Waals surface area contributed by atoms with Crippen molar-refractivity contribution in [2.24, 2.45) is 0 Å². The Balaban J connectivity index is 2.67. The Kier molecular flexibility index (Phi) is 2.95. The molecule has 0 spiro atoms. The van der Waals surface area contributed by atoms with Crippen molar-refractivity contribution < 1.29 is 14.4 Å². The third kappa shape index (κ3) is 1.73. The largest absolute Gasteiger partial charge is 0.493 e. The molecule has 2 rings (SSSR count). The Morgan fingerprint density at radius 2 is 2.40 bits per heavy atom. The lowest BCUT2D eigenvalue weighted by molar-refractivity contribution is 0.161. The summed E-state index contributed by atoms with van der Waals surface area (Å²) in [6.07, 6.45) is 1.61. The van der Waals surface area contributed by atoms with Gasteiger partial charge in [0.2, 0.25) is 0 Å². The van der Waals surface area contributed by atoms with Gasteiger partial charge in [0.25, 0.3) is 0 Å². The number of rotatable bonds is 3. The van der Waals surface area contributed by atoms with E-state index in [0.717, 1.165) is 15.4 Å². The molecule has 1 aromatic carbocycles. The van der Waals surface area contributed by atoms with Crippen LogP contribution in [0.3, 0.4) is 0 Å². The maximum absolute atomic E-state index is 8.70. The molecule has 0 radical (unpaired) electrons. The molecule has 0 aliphatic carbocycles. The van der Waals surface area contributed by atoms with E-state index < -0.39 is 0 Å². The maximum atomic E-state index is 8.70. The number of hydroxylamine groups is 1. The first-order chi connectivity index (χ1) is 7.27. The lowest BCUT2D eigenvalue weighted by Gasteiger charge is -2.07. The number of methoxy groups -OCH3 is 1. The minimum atomic E-state index is 0.345. The number of nitrogens with one attached hydrogen (secondary N) is 1. The molecule has 5 heteroatoms. The van der Waals surface area contributed by atoms with Crippen LogP contribution < -0.4 is 10.2 Å². The van der Waals surface area contributed by atoms with Gasteiger partial charge in [-0.05, 0) is 33.6 Å². The van der Waals surface area contributed by atoms with E-state index in [9.17, 15) is 0 Å². The van der Waals surface area contributed by atoms with Crippen LogP contribution in [0, 0.1) is 0 Å². The average Bonchev–Trinajstić information content (AvgIpc) is 2.71. The normalized spacial score (nSPS) is 10.9. The molecule has 0 unspecified atom stereocenters. The van der Waals surface area contributed by atoms with E-state index in [1.807, 2.05) is 12.1 Å². The van der Waals surface area contributed by atoms with Gasteiger partial charge in [0.15, 0.2) is 11.3 Å². The van der Waals surface area contributed by atoms with Gasteiger partial charge in [-0.3, -0.25) is 0 Å². The highest BCUT2D eigenvalue weighted by atomic mass is 79.9. The van der Waals surface area contributed by atoms with Gasteiger partial charge in [0.05, 0.1) is 13.4 Å². The highest BCUT2D eigenvalue weighted by Crippen LogP contribution is 2.35. The van der Waals surface area contributed by atoms with Crippen molar-refractivity contribution in [2.45, 2.75) is 6.54 Å². The molecular formula is C10H10BrNO3. The zero-order chi connectivity index (χ0) is 10.8. The van der Waals surface area contributed by atoms with Crippen LogP contribution in [0.5, 0.6) is 5.75 Å². The highest BCUT2D eigenvalue weighted by Gasteiger charge is 2.12. The van der Waals surface area contributed by atoms with E-state index in [4.69, 9.17) is 14.4 Å². The van der Waals surface area contributed by atoms with E-state index in [1.165, 1.54) is 0 Å². The quantitative estimate of drug-likeness (QED) is 0.843. The number of benzene rings is 1. The molecule has 0 fully saturated rings. The van der Waals surface area contributed by atoms with Crippen molar-refractivity contribution in [1.29, 1.82) is 0 Å². The molecule has 0 saturated carbocycles. The Hall–Kier alpha value is -1.04. The topological polar surface area (TPSA) is 54.6 Å². The lowest BCUT2D eigenvalue weighted by atomic mass is 10.1. The summed E-state index contributed by atoms with van der Waals surface area (Å²) >= 11 is 3.46. The van der Waals surface area contributed by atoms with Crippen molar-refractivity contribution in [3.63, 3.8) is 0 Å². The van der Waals surface area contributed by atoms with Crippen molar-refractivity contribution in [2.75, 3.05) is 7.11 Å². The van der Waals surface area contributed by atoms with Gasteiger partial charge in [-0.25, -0.2) is 5.48 Å². The zero-order valence-electron chi connectivity index (χ0n) is 8.08. The van der Waals surface area contributed by atoms with Crippen molar-refractivity contribution in [1.82, 2.24) is 5.48 Å². The third-order valence-corrected chi connectivity index (χ3v) is 3.14. The zero-order valence-corrected chi connectivity index (χ0v) is 9.67. The minimum absolute atomic E-state index is 0.345. The highest BCUT2D eigenvalue weighted by molar-refractivity contribution is 9.10. The van der Waals surface area contributed by atoms with Crippen molar-refractivity contribution >= 4 is 26.9 Å². The standard InChI is InChI=1S/C10H10BrNO3/c1-14-8-4-6(5-12-13)9(11)7-2-3-15-10(7)8/h2-4,12-13H,5H2,1H3. The van der Waals surface area contributed by atoms with Crippen molar-refractivity contribution in [3.8, 4) is 5.75 Å². The summed E-state index contributed by atoms with van der Waals surface area (Å²) in [4.78, 5) is 0. The van der Waals surface area contributed by atoms with Gasteiger partial charge in [-0.15, -0.1) is 0 Å². The molecule has 4 nitrogen and oxygen atoms in total. The van der Waals surface area contributed by atoms with Crippen LogP contribution in [0.2, 0.25) is 0 Å². The summed E-state index contributed by atoms with van der Waals surface area (Å²) in [5.74, 6) is 0.656. The Labute approximate surface area is 94.9 Å². The van der Waals surface area contributed by atoms with Gasteiger partial charge >= 0.3 is 0 Å². The predicted octanol–water partition coefficient (Wildman–Crippen LogP) is 2.68. The maximum Gasteiger partial charge on any atom is 0.176 e. The fourth-order valence-corrected chi connectivity index (χ4v) is 2.07. The van der Waals surface area contributed by atoms with E-state index in [1.54, 1.807) is 13.4 Å². The molecule has 0 saturated heterocycles. The van der Waals surface area contributed by atoms with E-state index in [2.05, 4.69) is 21.4 Å². The Morgan fingerprint density at radius 1 is 1.60 bits per heavy atom. The smallest absolute Gasteiger partial charge is 0.176 e. The van der Waals surface area contributed by atoms with Crippen LogP contribution >= 0.6 is 15.9 Å². The number of furan rings is 1. The van der Waals surface area contributed by atoms with Crippen LogP contribution in [-0.2, 0) is 6.54 Å². The van der Waals surface area contributed by atoms with Crippen LogP contribution in [0.15, 0.2) is 27.3 Å². The van der Waals surface area contributed by atoms with Gasteiger partial charge in [0.1, 0.15) is 0 Å². The number of halogens is 1. The summed E-state index contributed by atoms with van der Waals surface area (Å²) in [5, 5.41) is 9.63. The first-order valence-electron chi connectivity index (χ1n) is 4.37. The molecule has 2 N–H and O–H groups in total. The molecule has 0 aliphatic heterocycles. The SMILES string of the molecule is COc1cc(CNO)c(Br)c2ccoc12. The van der Waals surface area contributed by atoms with E-state index >= 15 is 0 Å². The summed E-state index contributed by atoms with van der Waals surface area (Å²) < 4.78 is 11.4. The fourth-order valence-electron chi connectivity index (χ4n) is 1.50. The number of fused-ring (bicyclic) bond motifs is 1. The first kappa shape index (κ1) is 10.5. The summed E-state index contributed by atoms with van der Waals surface area (Å²) in [5.41, 5.74) is 3.72. The van der Waals surface area contributed by atoms with Gasteiger partial charge in [0, 0.05) is 16.4 Å². The summed E-state index contributed by atoms with van der Waals surface area (Å²) in [7, 11) is 1.58. The third-order valence-electron chi connectivity index (χ3n) is 2.20. The molecule has 0 amide bonds. The number of hydrogen-bond donors (Lipinski definition) is 2. The molecule has 0 bridgehead atoms. The monoisotopic (exact) mass is 271 g/mol. The molecule has 0 aliphatic rings. The fraction of sp³-hybridized carbons (Fsp3) is 0.200. The van der Waals surface area contributed by atoms with Crippen molar-refractivity contribution in [3.05, 3.63) is 28.4 Å². The molecule has 80 valence electrons. The second kappa shape index (κ2) is 4.22. The molecule has 1 aromatic heterocycles. The van der Waals surface area contributed by atoms with Crippen LogP contribution in [0.1, 0.15) is 5.56 Å². The van der Waals surface area contributed by atoms with Gasteiger partial charge in [-0.1, -0.05) is 0 Å². The average molecular weight is 272 g/mol. The molecule has 15 heavy (non-hydrogen) atoms. The van der Waals surface area contributed by atoms with Gasteiger partial charge < -0.3 is 14.4 Å². The summed E-state index contributed by atoms with van der Waals surface area (Å²) in [6.45, 7) is 0.345. The second-order valence-electron chi connectivity index (χ2n) is 3.05. The molecule has 0 atom stereocenters. The summed E-state index contributed by atoms with van der Waals surface area (Å²) in [6, 6.07) is 3.67. The molecule has 2 aromatic rings. The van der Waals surface area contributed by atoms with Crippen LogP contribution in [0.4, 0.5) is 0 Å². The number of ether oxygens (including phenoxy) is 1. The number of hydrogen-bond acceptors (Lipinski definition) is 4. The minimum Gasteiger partial charge on any atom is -0.493 e. The van der Waals surface area contributed by atoms with E-state index in [-0.39, 0.29) is 0 Å². The second-order valence-corrected chi connectivity index (χ2v) is 3.84. The Morgan fingerprint density at radius 3 is 3.07 bits per heavy atom.